The lowest BCUT2D eigenvalue weighted by molar-refractivity contribution is 0.106. The van der Waals surface area contributed by atoms with Gasteiger partial charge in [-0.25, -0.2) is 4.99 Å². The molecule has 3 heteroatoms. The molecule has 3 aromatic rings. The fourth-order valence-corrected chi connectivity index (χ4v) is 3.66. The lowest BCUT2D eigenvalue weighted by Crippen LogP contribution is -2.18. The average molecular weight is 369 g/mol. The summed E-state index contributed by atoms with van der Waals surface area (Å²) in [5.74, 6) is -0.0439. The number of fused-ring (bicyclic) bond motifs is 1. The van der Waals surface area contributed by atoms with E-state index in [1.807, 2.05) is 72.8 Å². The summed E-state index contributed by atoms with van der Waals surface area (Å²) >= 11 is 0. The van der Waals surface area contributed by atoms with E-state index in [0.29, 0.717) is 24.1 Å². The molecule has 0 heterocycles. The smallest absolute Gasteiger partial charge is 0.207 e. The molecule has 1 N–H and O–H groups in total. The number of carbonyl (C=O) groups is 1. The fourth-order valence-electron chi connectivity index (χ4n) is 3.66. The van der Waals surface area contributed by atoms with Crippen molar-refractivity contribution >= 4 is 17.2 Å². The molecular formula is C25H23NO2. The molecule has 1 aliphatic carbocycles. The average Bonchev–Trinajstić information content (AvgIpc) is 2.74. The van der Waals surface area contributed by atoms with Gasteiger partial charge in [-0.1, -0.05) is 66.7 Å². The Balaban J connectivity index is 1.69. The number of nitrogens with zero attached hydrogens (tertiary/aromatic N) is 1. The van der Waals surface area contributed by atoms with Crippen molar-refractivity contribution in [3.63, 3.8) is 0 Å². The Kier molecular flexibility index (Phi) is 5.45. The number of Topliss-reactive ketones (excluding diaryl/α,β-unsaturated/α-hetero) is 1. The molecule has 1 aliphatic rings. The maximum atomic E-state index is 13.1. The Morgan fingerprint density at radius 3 is 2.39 bits per heavy atom. The zero-order valence-corrected chi connectivity index (χ0v) is 15.7. The van der Waals surface area contributed by atoms with Crippen LogP contribution in [0, 0.1) is 0 Å². The van der Waals surface area contributed by atoms with E-state index in [-0.39, 0.29) is 11.9 Å². The lowest BCUT2D eigenvalue weighted by atomic mass is 9.89. The first-order valence-electron chi connectivity index (χ1n) is 9.70. The topological polar surface area (TPSA) is 49.7 Å². The predicted octanol–water partition coefficient (Wildman–Crippen LogP) is 4.73. The number of hydrogen-bond donors (Lipinski definition) is 1. The third kappa shape index (κ3) is 4.26. The van der Waals surface area contributed by atoms with E-state index < -0.39 is 0 Å². The number of aliphatic imine (C=N–C) groups is 1. The van der Waals surface area contributed by atoms with Gasteiger partial charge >= 0.3 is 0 Å². The maximum Gasteiger partial charge on any atom is 0.207 e. The molecule has 0 aliphatic heterocycles. The summed E-state index contributed by atoms with van der Waals surface area (Å²) in [7, 11) is 0. The molecule has 3 nitrogen and oxygen atoms in total. The molecule has 0 radical (unpaired) electrons. The van der Waals surface area contributed by atoms with E-state index in [1.54, 1.807) is 0 Å². The van der Waals surface area contributed by atoms with E-state index in [2.05, 4.69) is 6.07 Å². The second-order valence-electron chi connectivity index (χ2n) is 7.27. The van der Waals surface area contributed by atoms with Crippen LogP contribution in [-0.4, -0.2) is 22.7 Å². The van der Waals surface area contributed by atoms with Gasteiger partial charge in [-0.05, 0) is 48.1 Å². The monoisotopic (exact) mass is 369 g/mol. The van der Waals surface area contributed by atoms with Crippen molar-refractivity contribution in [2.24, 2.45) is 4.99 Å². The molecule has 0 amide bonds. The van der Waals surface area contributed by atoms with Gasteiger partial charge in [0.15, 0.2) is 0 Å². The highest BCUT2D eigenvalue weighted by molar-refractivity contribution is 6.46. The predicted molar refractivity (Wildman–Crippen MR) is 112 cm³/mol. The van der Waals surface area contributed by atoms with Crippen molar-refractivity contribution < 1.29 is 9.90 Å². The summed E-state index contributed by atoms with van der Waals surface area (Å²) in [6.45, 7) is 0. The summed E-state index contributed by atoms with van der Waals surface area (Å²) in [5, 5.41) is 9.86. The minimum Gasteiger partial charge on any atom is -0.393 e. The van der Waals surface area contributed by atoms with Gasteiger partial charge in [-0.15, -0.1) is 0 Å². The van der Waals surface area contributed by atoms with Crippen molar-refractivity contribution in [3.05, 3.63) is 101 Å². The quantitative estimate of drug-likeness (QED) is 0.522. The molecule has 4 rings (SSSR count). The third-order valence-electron chi connectivity index (χ3n) is 5.17. The normalized spacial score (nSPS) is 16.5. The number of rotatable bonds is 5. The first kappa shape index (κ1) is 18.3. The second kappa shape index (κ2) is 8.32. The summed E-state index contributed by atoms with van der Waals surface area (Å²) in [4.78, 5) is 17.9. The lowest BCUT2D eigenvalue weighted by Gasteiger charge is -2.20. The molecule has 28 heavy (non-hydrogen) atoms. The van der Waals surface area contributed by atoms with Gasteiger partial charge in [0, 0.05) is 12.0 Å². The van der Waals surface area contributed by atoms with Crippen LogP contribution in [-0.2, 0) is 19.3 Å². The van der Waals surface area contributed by atoms with Crippen molar-refractivity contribution in [2.45, 2.75) is 31.8 Å². The number of hydrogen-bond acceptors (Lipinski definition) is 3. The largest absolute Gasteiger partial charge is 0.393 e. The number of benzene rings is 3. The van der Waals surface area contributed by atoms with E-state index >= 15 is 0 Å². The van der Waals surface area contributed by atoms with Gasteiger partial charge in [-0.3, -0.25) is 4.79 Å². The van der Waals surface area contributed by atoms with Crippen LogP contribution in [0.1, 0.15) is 33.5 Å². The van der Waals surface area contributed by atoms with Crippen LogP contribution >= 0.6 is 0 Å². The summed E-state index contributed by atoms with van der Waals surface area (Å²) in [6, 6.07) is 25.3. The molecule has 3 aromatic carbocycles. The first-order valence-corrected chi connectivity index (χ1v) is 9.70. The van der Waals surface area contributed by atoms with Crippen LogP contribution in [0.3, 0.4) is 0 Å². The van der Waals surface area contributed by atoms with Crippen LogP contribution in [0.2, 0.25) is 0 Å². The Morgan fingerprint density at radius 2 is 1.64 bits per heavy atom. The van der Waals surface area contributed by atoms with E-state index in [0.717, 1.165) is 24.1 Å². The molecule has 0 bridgehead atoms. The number of aliphatic hydroxyl groups excluding tert-OH is 1. The number of ketones is 1. The van der Waals surface area contributed by atoms with Crippen LogP contribution in [0.15, 0.2) is 83.9 Å². The van der Waals surface area contributed by atoms with Crippen molar-refractivity contribution in [2.75, 3.05) is 0 Å². The van der Waals surface area contributed by atoms with Crippen LogP contribution < -0.4 is 0 Å². The molecular weight excluding hydrogens is 346 g/mol. The molecule has 0 saturated carbocycles. The van der Waals surface area contributed by atoms with Crippen LogP contribution in [0.25, 0.3) is 0 Å². The van der Waals surface area contributed by atoms with Gasteiger partial charge in [-0.2, -0.15) is 0 Å². The first-order chi connectivity index (χ1) is 13.7. The van der Waals surface area contributed by atoms with Gasteiger partial charge in [0.1, 0.15) is 0 Å². The Bertz CT molecular complexity index is 994. The Labute approximate surface area is 165 Å². The summed E-state index contributed by atoms with van der Waals surface area (Å²) in [5.41, 5.74) is 5.44. The molecule has 140 valence electrons. The molecule has 0 aromatic heterocycles. The van der Waals surface area contributed by atoms with Gasteiger partial charge < -0.3 is 5.11 Å². The highest BCUT2D eigenvalue weighted by Gasteiger charge is 2.18. The Hall–Kier alpha value is -3.04. The van der Waals surface area contributed by atoms with E-state index in [9.17, 15) is 9.90 Å². The van der Waals surface area contributed by atoms with E-state index in [1.165, 1.54) is 11.1 Å². The maximum absolute atomic E-state index is 13.1. The minimum atomic E-state index is -0.254. The number of aliphatic hydroxyl groups is 1. The Morgan fingerprint density at radius 1 is 0.929 bits per heavy atom. The molecule has 0 saturated heterocycles. The second-order valence-corrected chi connectivity index (χ2v) is 7.27. The standard InChI is InChI=1S/C25H23NO2/c27-23-14-12-20-16-22(13-11-21(20)17-23)26-24(15-18-7-3-1-4-8-18)25(28)19-9-5-2-6-10-19/h1-11,13,16,23,27H,12,14-15,17H2. The number of aryl methyl sites for hydroxylation is 1. The molecule has 0 fully saturated rings. The molecule has 1 atom stereocenters. The summed E-state index contributed by atoms with van der Waals surface area (Å²) < 4.78 is 0. The van der Waals surface area contributed by atoms with Crippen LogP contribution in [0.5, 0.6) is 0 Å². The minimum absolute atomic E-state index is 0.0439. The highest BCUT2D eigenvalue weighted by Crippen LogP contribution is 2.26. The molecule has 0 spiro atoms. The third-order valence-corrected chi connectivity index (χ3v) is 5.17. The SMILES string of the molecule is O=C(C(Cc1ccccc1)=Nc1ccc2c(c1)CCC(O)C2)c1ccccc1. The fraction of sp³-hybridized carbons (Fsp3) is 0.200. The van der Waals surface area contributed by atoms with Crippen molar-refractivity contribution in [3.8, 4) is 0 Å². The van der Waals surface area contributed by atoms with Gasteiger partial charge in [0.2, 0.25) is 5.78 Å². The molecule has 1 unspecified atom stereocenters. The van der Waals surface area contributed by atoms with Gasteiger partial charge in [0.25, 0.3) is 0 Å². The zero-order chi connectivity index (χ0) is 19.3. The summed E-state index contributed by atoms with van der Waals surface area (Å²) in [6.07, 6.45) is 2.56. The van der Waals surface area contributed by atoms with Crippen molar-refractivity contribution in [1.29, 1.82) is 0 Å². The highest BCUT2D eigenvalue weighted by atomic mass is 16.3. The van der Waals surface area contributed by atoms with Crippen molar-refractivity contribution in [1.82, 2.24) is 0 Å². The zero-order valence-electron chi connectivity index (χ0n) is 15.7. The van der Waals surface area contributed by atoms with Crippen LogP contribution in [0.4, 0.5) is 5.69 Å². The number of carbonyl (C=O) groups excluding carboxylic acids is 1. The van der Waals surface area contributed by atoms with E-state index in [4.69, 9.17) is 4.99 Å². The van der Waals surface area contributed by atoms with Gasteiger partial charge in [0.05, 0.1) is 17.5 Å².